The molecule has 1 aromatic heterocycles. The number of ether oxygens (including phenoxy) is 3. The van der Waals surface area contributed by atoms with Crippen LogP contribution in [0.5, 0.6) is 5.75 Å². The van der Waals surface area contributed by atoms with Gasteiger partial charge < -0.3 is 44.3 Å². The fourth-order valence-electron chi connectivity index (χ4n) is 13.8. The number of aromatic carboxylic acids is 1. The number of piperidine rings is 1. The molecule has 0 radical (unpaired) electrons. The van der Waals surface area contributed by atoms with Crippen LogP contribution in [0.3, 0.4) is 0 Å². The maximum Gasteiger partial charge on any atom is 0.341 e. The molecule has 0 bridgehead atoms. The third-order valence-electron chi connectivity index (χ3n) is 16.8. The number of benzene rings is 1. The summed E-state index contributed by atoms with van der Waals surface area (Å²) in [5.41, 5.74) is -5.92. The molecule has 15 heteroatoms. The Morgan fingerprint density at radius 3 is 2.38 bits per heavy atom. The summed E-state index contributed by atoms with van der Waals surface area (Å²) in [6.45, 7) is 15.6. The number of rotatable bonds is 6. The maximum atomic E-state index is 17.3. The quantitative estimate of drug-likeness (QED) is 0.259. The Morgan fingerprint density at radius 2 is 1.75 bits per heavy atom. The highest BCUT2D eigenvalue weighted by Gasteiger charge is 2.81. The van der Waals surface area contributed by atoms with E-state index >= 15 is 8.78 Å². The van der Waals surface area contributed by atoms with Crippen molar-refractivity contribution >= 4 is 34.1 Å². The molecule has 1 aromatic carbocycles. The molecule has 8 aliphatic rings. The Labute approximate surface area is 372 Å². The normalized spacial score (nSPS) is 37.2. The van der Waals surface area contributed by atoms with E-state index in [1.165, 1.54) is 33.1 Å². The number of hydrogen-bond acceptors (Lipinski definition) is 11. The molecule has 0 amide bonds. The van der Waals surface area contributed by atoms with E-state index in [0.717, 1.165) is 38.8 Å². The second-order valence-electron chi connectivity index (χ2n) is 21.3. The summed E-state index contributed by atoms with van der Waals surface area (Å²) in [6.07, 6.45) is 7.91. The summed E-state index contributed by atoms with van der Waals surface area (Å²) in [5, 5.41) is 35.6. The van der Waals surface area contributed by atoms with Gasteiger partial charge >= 0.3 is 5.97 Å². The van der Waals surface area contributed by atoms with Crippen LogP contribution in [0.25, 0.3) is 10.9 Å². The zero-order valence-electron chi connectivity index (χ0n) is 38.4. The predicted molar refractivity (Wildman–Crippen MR) is 234 cm³/mol. The van der Waals surface area contributed by atoms with E-state index in [1.807, 2.05) is 16.4 Å². The van der Waals surface area contributed by atoms with Gasteiger partial charge in [-0.05, 0) is 130 Å². The summed E-state index contributed by atoms with van der Waals surface area (Å²) >= 11 is 0. The monoisotopic (exact) mass is 891 g/mol. The summed E-state index contributed by atoms with van der Waals surface area (Å²) in [4.78, 5) is 53.0. The Balaban J connectivity index is 0.000000162. The van der Waals surface area contributed by atoms with Crippen LogP contribution in [0.2, 0.25) is 0 Å². The fourth-order valence-corrected chi connectivity index (χ4v) is 13.8. The highest BCUT2D eigenvalue weighted by Crippen LogP contribution is 2.72. The number of aryl methyl sites for hydroxylation is 1. The lowest BCUT2D eigenvalue weighted by Crippen LogP contribution is -2.71. The van der Waals surface area contributed by atoms with Crippen LogP contribution in [0.4, 0.5) is 14.5 Å². The van der Waals surface area contributed by atoms with E-state index in [2.05, 4.69) is 5.32 Å². The molecule has 10 rings (SSSR count). The van der Waals surface area contributed by atoms with Crippen molar-refractivity contribution in [3.63, 3.8) is 0 Å². The number of aliphatic hydroxyl groups is 2. The van der Waals surface area contributed by atoms with E-state index in [9.17, 15) is 34.5 Å². The topological polar surface area (TPSA) is 177 Å². The second-order valence-corrected chi connectivity index (χ2v) is 21.3. The summed E-state index contributed by atoms with van der Waals surface area (Å²) in [7, 11) is 1.50. The number of halogens is 2. The molecule has 4 saturated carbocycles. The fraction of sp³-hybridized carbons (Fsp3) is 0.673. The molecule has 348 valence electrons. The molecule has 2 aromatic rings. The van der Waals surface area contributed by atoms with E-state index in [0.29, 0.717) is 66.0 Å². The van der Waals surface area contributed by atoms with E-state index < -0.39 is 74.6 Å². The molecule has 2 unspecified atom stereocenters. The number of methoxy groups -OCH3 is 1. The number of alkyl halides is 1. The lowest BCUT2D eigenvalue weighted by molar-refractivity contribution is -0.249. The molecule has 3 saturated heterocycles. The first kappa shape index (κ1) is 45.1. The van der Waals surface area contributed by atoms with Crippen molar-refractivity contribution in [2.75, 3.05) is 31.6 Å². The SMILES string of the molecule is CC1(C)O[C@@H]2C[C@H]3[C@@H]4CCC5=CC(=O)C=C[C@]5(C)[C@@]4(F)[C@@H](O)C[C@]3(C)[C@]2(C(=O)C(C)(C)O)O1.COc1c(N2CC3CCCNC3C2)c(F)c(C)c2c(=O)c(C(=O)O)c(C)n(C3CC3)c12. The standard InChI is InChI=1S/C26H35FO6.C23H28FN3O4/c1-21(2,31)20(30)26-19(32-22(3,4)33-26)12-17-16-8-7-14-11-15(28)9-10-23(14,5)25(16,27)18(29)13-24(17,26)6;1-11-16-19(27(14-6-7-14)12(2)17(21(16)28)23(29)30)22(31-3)20(18(11)24)26-9-13-5-4-8-25-15(13)10-26/h9-11,16-19,29,31H,7-8,12-13H2,1-6H3;13-15,25H,4-10H2,1-3H3,(H,29,30)/t16-,17-,18-,19+,23-,24-,25-,26-;/m0./s1. The number of Topliss-reactive ketones (excluding diaryl/α,β-unsaturated/α-hetero) is 1. The number of nitrogens with one attached hydrogen (secondary N) is 1. The Hall–Kier alpha value is -4.02. The predicted octanol–water partition coefficient (Wildman–Crippen LogP) is 6.18. The zero-order chi connectivity index (χ0) is 46.4. The molecule has 0 spiro atoms. The van der Waals surface area contributed by atoms with Crippen LogP contribution in [0, 0.1) is 48.2 Å². The molecule has 10 atom stereocenters. The first-order valence-corrected chi connectivity index (χ1v) is 23.0. The molecule has 4 heterocycles. The molecule has 5 aliphatic carbocycles. The highest BCUT2D eigenvalue weighted by molar-refractivity contribution is 6.02. The van der Waals surface area contributed by atoms with Crippen LogP contribution in [-0.2, 0) is 19.1 Å². The van der Waals surface area contributed by atoms with Crippen LogP contribution < -0.4 is 20.4 Å². The van der Waals surface area contributed by atoms with Crippen LogP contribution >= 0.6 is 0 Å². The van der Waals surface area contributed by atoms with E-state index in [-0.39, 0.29) is 40.7 Å². The van der Waals surface area contributed by atoms with Gasteiger partial charge in [0.15, 0.2) is 40.2 Å². The van der Waals surface area contributed by atoms with Crippen molar-refractivity contribution in [2.24, 2.45) is 28.6 Å². The number of carboxylic acids is 1. The van der Waals surface area contributed by atoms with E-state index in [1.54, 1.807) is 40.7 Å². The average molecular weight is 892 g/mol. The van der Waals surface area contributed by atoms with Crippen LogP contribution in [0.15, 0.2) is 28.6 Å². The maximum absolute atomic E-state index is 17.3. The third kappa shape index (κ3) is 6.15. The largest absolute Gasteiger partial charge is 0.492 e. The van der Waals surface area contributed by atoms with Gasteiger partial charge in [-0.1, -0.05) is 18.6 Å². The van der Waals surface area contributed by atoms with Crippen molar-refractivity contribution in [3.8, 4) is 5.75 Å². The van der Waals surface area contributed by atoms with Crippen molar-refractivity contribution in [1.82, 2.24) is 9.88 Å². The smallest absolute Gasteiger partial charge is 0.341 e. The summed E-state index contributed by atoms with van der Waals surface area (Å²) in [6, 6.07) is 0.409. The number of pyridine rings is 1. The van der Waals surface area contributed by atoms with Gasteiger partial charge in [-0.2, -0.15) is 0 Å². The molecular weight excluding hydrogens is 829 g/mol. The number of ketones is 2. The van der Waals surface area contributed by atoms with Gasteiger partial charge in [0.2, 0.25) is 5.43 Å². The molecular formula is C49H63F2N3O10. The van der Waals surface area contributed by atoms with Gasteiger partial charge in [-0.15, -0.1) is 0 Å². The lowest BCUT2D eigenvalue weighted by Gasteiger charge is -2.63. The molecule has 7 fully saturated rings. The number of nitrogens with zero attached hydrogens (tertiary/aromatic N) is 2. The minimum absolute atomic E-state index is 0.00686. The van der Waals surface area contributed by atoms with Gasteiger partial charge in [-0.3, -0.25) is 14.4 Å². The number of allylic oxidation sites excluding steroid dienone is 4. The number of hydrogen-bond donors (Lipinski definition) is 4. The molecule has 3 aliphatic heterocycles. The van der Waals surface area contributed by atoms with Crippen molar-refractivity contribution in [3.05, 3.63) is 56.7 Å². The van der Waals surface area contributed by atoms with Crippen LogP contribution in [-0.4, -0.2) is 105 Å². The second kappa shape index (κ2) is 14.7. The number of aromatic nitrogens is 1. The van der Waals surface area contributed by atoms with Gasteiger partial charge in [0.1, 0.15) is 16.9 Å². The van der Waals surface area contributed by atoms with Crippen LogP contribution in [0.1, 0.15) is 121 Å². The number of fused-ring (bicyclic) bond motifs is 9. The van der Waals surface area contributed by atoms with Gasteiger partial charge in [0.05, 0.1) is 30.2 Å². The summed E-state index contributed by atoms with van der Waals surface area (Å²) < 4.78 is 53.4. The highest BCUT2D eigenvalue weighted by atomic mass is 19.1. The minimum atomic E-state index is -1.99. The van der Waals surface area contributed by atoms with Gasteiger partial charge in [0, 0.05) is 53.2 Å². The van der Waals surface area contributed by atoms with Crippen molar-refractivity contribution < 1.29 is 52.7 Å². The molecule has 64 heavy (non-hydrogen) atoms. The van der Waals surface area contributed by atoms with E-state index in [4.69, 9.17) is 14.2 Å². The minimum Gasteiger partial charge on any atom is -0.492 e. The van der Waals surface area contributed by atoms with Crippen molar-refractivity contribution in [1.29, 1.82) is 0 Å². The number of carbonyl (C=O) groups excluding carboxylic acids is 2. The Bertz CT molecular complexity index is 2480. The van der Waals surface area contributed by atoms with Gasteiger partial charge in [-0.25, -0.2) is 13.6 Å². The third-order valence-corrected chi connectivity index (χ3v) is 16.8. The summed E-state index contributed by atoms with van der Waals surface area (Å²) in [5.74, 6) is -3.54. The number of anilines is 1. The zero-order valence-corrected chi connectivity index (χ0v) is 38.4. The lowest BCUT2D eigenvalue weighted by atomic mass is 9.44. The first-order valence-electron chi connectivity index (χ1n) is 23.0. The molecule has 4 N–H and O–H groups in total. The first-order chi connectivity index (χ1) is 29.9. The average Bonchev–Trinajstić information content (AvgIpc) is 3.82. The van der Waals surface area contributed by atoms with Crippen molar-refractivity contribution in [2.45, 2.75) is 154 Å². The number of carboxylic acid groups (broad SMARTS) is 1. The number of aliphatic hydroxyl groups excluding tert-OH is 1. The number of carbonyl (C=O) groups is 3. The Morgan fingerprint density at radius 1 is 1.05 bits per heavy atom. The van der Waals surface area contributed by atoms with Gasteiger partial charge in [0.25, 0.3) is 0 Å². The Kier molecular flexibility index (Phi) is 10.4. The molecule has 13 nitrogen and oxygen atoms in total.